The lowest BCUT2D eigenvalue weighted by Gasteiger charge is -2.11. The lowest BCUT2D eigenvalue weighted by Crippen LogP contribution is -2.00. The van der Waals surface area contributed by atoms with Gasteiger partial charge in [-0.15, -0.1) is 0 Å². The van der Waals surface area contributed by atoms with Crippen LogP contribution >= 0.6 is 0 Å². The Morgan fingerprint density at radius 1 is 0.367 bits per heavy atom. The predicted octanol–water partition coefficient (Wildman–Crippen LogP) is 13.1. The summed E-state index contributed by atoms with van der Waals surface area (Å²) in [6, 6.07) is 66.2. The molecule has 12 aromatic rings. The van der Waals surface area contributed by atoms with Crippen LogP contribution in [-0.4, -0.2) is 29.5 Å². The van der Waals surface area contributed by atoms with Crippen molar-refractivity contribution >= 4 is 54.6 Å². The van der Waals surface area contributed by atoms with Gasteiger partial charge < -0.3 is 8.98 Å². The van der Waals surface area contributed by atoms with Crippen LogP contribution in [0.2, 0.25) is 0 Å². The van der Waals surface area contributed by atoms with Crippen molar-refractivity contribution < 1.29 is 4.42 Å². The average Bonchev–Trinajstić information content (AvgIpc) is 3.88. The van der Waals surface area contributed by atoms with E-state index < -0.39 is 0 Å². The number of hydrogen-bond acceptors (Lipinski definition) is 6. The van der Waals surface area contributed by atoms with Crippen molar-refractivity contribution in [2.45, 2.75) is 0 Å². The molecule has 0 atom stereocenters. The zero-order valence-electron chi connectivity index (χ0n) is 32.1. The fourth-order valence-electron chi connectivity index (χ4n) is 8.53. The second-order valence-corrected chi connectivity index (χ2v) is 14.8. The average molecular weight is 769 g/mol. The Balaban J connectivity index is 1.05. The van der Waals surface area contributed by atoms with Gasteiger partial charge in [0.2, 0.25) is 0 Å². The van der Waals surface area contributed by atoms with Gasteiger partial charge in [-0.05, 0) is 42.5 Å². The molecular weight excluding hydrogens is 737 g/mol. The van der Waals surface area contributed by atoms with E-state index in [1.54, 1.807) is 0 Å². The summed E-state index contributed by atoms with van der Waals surface area (Å²) in [5, 5.41) is 5.20. The Labute approximate surface area is 343 Å². The molecular formula is C53H32N6O. The highest BCUT2D eigenvalue weighted by atomic mass is 16.3. The van der Waals surface area contributed by atoms with E-state index in [0.717, 1.165) is 77.5 Å². The minimum atomic E-state index is 0.564. The minimum Gasteiger partial charge on any atom is -0.455 e. The third-order valence-electron chi connectivity index (χ3n) is 11.3. The topological polar surface area (TPSA) is 82.5 Å². The lowest BCUT2D eigenvalue weighted by molar-refractivity contribution is 0.669. The Bertz CT molecular complexity index is 3540. The van der Waals surface area contributed by atoms with E-state index in [9.17, 15) is 0 Å². The second kappa shape index (κ2) is 13.7. The van der Waals surface area contributed by atoms with Gasteiger partial charge in [0.05, 0.1) is 27.8 Å². The zero-order chi connectivity index (χ0) is 39.6. The molecule has 12 rings (SSSR count). The standard InChI is InChI=1S/C53H32N6O/c1-4-16-33(17-5-1)50-56-51(34-18-6-2-7-19-34)58-52(57-50)41-25-15-29-46-47(41)40-24-14-26-42(49(40)60-46)53-54-43-27-12-10-23-39(43)48(55-53)35-30-31-38-37-22-11-13-28-44(37)59(45(38)32-35)36-20-8-3-9-21-36/h1-32H. The van der Waals surface area contributed by atoms with E-state index in [4.69, 9.17) is 29.3 Å². The predicted molar refractivity (Wildman–Crippen MR) is 242 cm³/mol. The summed E-state index contributed by atoms with van der Waals surface area (Å²) in [6.07, 6.45) is 0. The molecule has 0 unspecified atom stereocenters. The zero-order valence-corrected chi connectivity index (χ0v) is 32.1. The monoisotopic (exact) mass is 768 g/mol. The molecule has 60 heavy (non-hydrogen) atoms. The summed E-state index contributed by atoms with van der Waals surface area (Å²) in [5.41, 5.74) is 11.0. The molecule has 0 fully saturated rings. The molecule has 0 aliphatic carbocycles. The Hall–Kier alpha value is -8.29. The SMILES string of the molecule is c1ccc(-c2nc(-c3ccccc3)nc(-c3cccc4oc5c(-c6nc(-c7ccc8c9ccccc9n(-c9ccccc9)c8c7)c7ccccc7n6)cccc5c34)n2)cc1. The maximum atomic E-state index is 6.79. The molecule has 0 bridgehead atoms. The van der Waals surface area contributed by atoms with Gasteiger partial charge in [-0.25, -0.2) is 24.9 Å². The molecule has 7 heteroatoms. The first-order chi connectivity index (χ1) is 29.7. The molecule has 0 saturated heterocycles. The molecule has 0 N–H and O–H groups in total. The van der Waals surface area contributed by atoms with Crippen LogP contribution in [0, 0.1) is 0 Å². The first-order valence-electron chi connectivity index (χ1n) is 19.9. The highest BCUT2D eigenvalue weighted by molar-refractivity contribution is 6.15. The smallest absolute Gasteiger partial charge is 0.164 e. The number of aromatic nitrogens is 6. The van der Waals surface area contributed by atoms with Gasteiger partial charge in [0.15, 0.2) is 23.3 Å². The first-order valence-corrected chi connectivity index (χ1v) is 19.9. The van der Waals surface area contributed by atoms with Gasteiger partial charge in [0.25, 0.3) is 0 Å². The van der Waals surface area contributed by atoms with Crippen molar-refractivity contribution in [2.75, 3.05) is 0 Å². The van der Waals surface area contributed by atoms with Crippen molar-refractivity contribution in [2.24, 2.45) is 0 Å². The van der Waals surface area contributed by atoms with Crippen LogP contribution in [0.25, 0.3) is 117 Å². The van der Waals surface area contributed by atoms with Gasteiger partial charge in [0.1, 0.15) is 11.2 Å². The maximum Gasteiger partial charge on any atom is 0.164 e. The summed E-state index contributed by atoms with van der Waals surface area (Å²) >= 11 is 0. The fraction of sp³-hybridized carbons (Fsp3) is 0. The second-order valence-electron chi connectivity index (χ2n) is 14.8. The largest absolute Gasteiger partial charge is 0.455 e. The van der Waals surface area contributed by atoms with Crippen LogP contribution in [0.3, 0.4) is 0 Å². The first kappa shape index (κ1) is 33.8. The van der Waals surface area contributed by atoms with Crippen LogP contribution in [0.4, 0.5) is 0 Å². The summed E-state index contributed by atoms with van der Waals surface area (Å²) in [5.74, 6) is 2.35. The third-order valence-corrected chi connectivity index (χ3v) is 11.3. The van der Waals surface area contributed by atoms with Gasteiger partial charge in [-0.2, -0.15) is 0 Å². The van der Waals surface area contributed by atoms with E-state index in [-0.39, 0.29) is 0 Å². The molecule has 8 aromatic carbocycles. The normalized spacial score (nSPS) is 11.7. The van der Waals surface area contributed by atoms with Crippen LogP contribution in [0.5, 0.6) is 0 Å². The van der Waals surface area contributed by atoms with Crippen molar-refractivity contribution in [1.29, 1.82) is 0 Å². The highest BCUT2D eigenvalue weighted by Gasteiger charge is 2.22. The quantitative estimate of drug-likeness (QED) is 0.167. The molecule has 280 valence electrons. The van der Waals surface area contributed by atoms with Gasteiger partial charge in [-0.1, -0.05) is 152 Å². The van der Waals surface area contributed by atoms with E-state index in [1.165, 1.54) is 10.8 Å². The Morgan fingerprint density at radius 2 is 0.950 bits per heavy atom. The van der Waals surface area contributed by atoms with Crippen molar-refractivity contribution in [1.82, 2.24) is 29.5 Å². The number of para-hydroxylation sites is 4. The molecule has 4 heterocycles. The van der Waals surface area contributed by atoms with Crippen LogP contribution in [0.1, 0.15) is 0 Å². The number of furan rings is 1. The number of nitrogens with zero attached hydrogens (tertiary/aromatic N) is 6. The number of rotatable bonds is 6. The summed E-state index contributed by atoms with van der Waals surface area (Å²) in [7, 11) is 0. The van der Waals surface area contributed by atoms with Gasteiger partial charge >= 0.3 is 0 Å². The molecule has 0 amide bonds. The highest BCUT2D eigenvalue weighted by Crippen LogP contribution is 2.41. The number of fused-ring (bicyclic) bond motifs is 7. The van der Waals surface area contributed by atoms with E-state index in [2.05, 4.69) is 102 Å². The summed E-state index contributed by atoms with van der Waals surface area (Å²) < 4.78 is 9.13. The fourth-order valence-corrected chi connectivity index (χ4v) is 8.53. The van der Waals surface area contributed by atoms with E-state index in [0.29, 0.717) is 28.9 Å². The van der Waals surface area contributed by atoms with Crippen molar-refractivity contribution in [3.63, 3.8) is 0 Å². The lowest BCUT2D eigenvalue weighted by atomic mass is 10.0. The third kappa shape index (κ3) is 5.48. The van der Waals surface area contributed by atoms with Crippen LogP contribution < -0.4 is 0 Å². The molecule has 0 aliphatic heterocycles. The van der Waals surface area contributed by atoms with Gasteiger partial charge in [0, 0.05) is 54.9 Å². The molecule has 0 saturated carbocycles. The molecule has 0 radical (unpaired) electrons. The summed E-state index contributed by atoms with van der Waals surface area (Å²) in [6.45, 7) is 0. The van der Waals surface area contributed by atoms with Gasteiger partial charge in [-0.3, -0.25) is 0 Å². The van der Waals surface area contributed by atoms with Crippen molar-refractivity contribution in [3.05, 3.63) is 194 Å². The molecule has 0 spiro atoms. The number of hydrogen-bond donors (Lipinski definition) is 0. The van der Waals surface area contributed by atoms with Crippen molar-refractivity contribution in [3.8, 4) is 62.5 Å². The number of benzene rings is 8. The Kier molecular flexibility index (Phi) is 7.71. The molecule has 4 aromatic heterocycles. The Morgan fingerprint density at radius 3 is 1.72 bits per heavy atom. The van der Waals surface area contributed by atoms with Crippen LogP contribution in [0.15, 0.2) is 199 Å². The van der Waals surface area contributed by atoms with E-state index in [1.807, 2.05) is 97.1 Å². The molecule has 7 nitrogen and oxygen atoms in total. The van der Waals surface area contributed by atoms with E-state index >= 15 is 0 Å². The molecule has 0 aliphatic rings. The summed E-state index contributed by atoms with van der Waals surface area (Å²) in [4.78, 5) is 25.6. The minimum absolute atomic E-state index is 0.564. The van der Waals surface area contributed by atoms with Crippen LogP contribution in [-0.2, 0) is 0 Å². The maximum absolute atomic E-state index is 6.79.